The van der Waals surface area contributed by atoms with E-state index in [-0.39, 0.29) is 11.1 Å². The Morgan fingerprint density at radius 2 is 1.22 bits per heavy atom. The van der Waals surface area contributed by atoms with E-state index in [1.807, 2.05) is 66.7 Å². The first kappa shape index (κ1) is 24.7. The zero-order chi connectivity index (χ0) is 26.2. The van der Waals surface area contributed by atoms with Crippen LogP contribution in [-0.4, -0.2) is 22.2 Å². The van der Waals surface area contributed by atoms with Crippen molar-refractivity contribution in [1.29, 1.82) is 5.26 Å². The van der Waals surface area contributed by atoms with Crippen LogP contribution in [0.1, 0.15) is 27.0 Å². The number of nitriles is 1. The Morgan fingerprint density at radius 1 is 0.703 bits per heavy atom. The third-order valence-corrected chi connectivity index (χ3v) is 5.61. The lowest BCUT2D eigenvalue weighted by Crippen LogP contribution is -2.09. The van der Waals surface area contributed by atoms with Gasteiger partial charge in [-0.25, -0.2) is 9.59 Å². The van der Waals surface area contributed by atoms with Crippen molar-refractivity contribution in [3.05, 3.63) is 131 Å². The van der Waals surface area contributed by atoms with E-state index in [2.05, 4.69) is 29.2 Å². The molecule has 2 N–H and O–H groups in total. The van der Waals surface area contributed by atoms with Gasteiger partial charge in [0.05, 0.1) is 5.56 Å². The van der Waals surface area contributed by atoms with Gasteiger partial charge in [0.2, 0.25) is 0 Å². The van der Waals surface area contributed by atoms with Gasteiger partial charge in [0.15, 0.2) is 0 Å². The number of hydrogen-bond donors (Lipinski definition) is 2. The molecule has 0 unspecified atom stereocenters. The highest BCUT2D eigenvalue weighted by Crippen LogP contribution is 2.34. The molecule has 4 aromatic rings. The lowest BCUT2D eigenvalue weighted by Gasteiger charge is -2.25. The first-order valence-electron chi connectivity index (χ1n) is 11.4. The van der Waals surface area contributed by atoms with E-state index in [1.165, 1.54) is 12.1 Å². The predicted octanol–water partition coefficient (Wildman–Crippen LogP) is 7.02. The number of nitrogens with zero attached hydrogens (tertiary/aromatic N) is 2. The molecule has 0 saturated carbocycles. The normalized spacial score (nSPS) is 11.2. The zero-order valence-corrected chi connectivity index (χ0v) is 19.7. The van der Waals surface area contributed by atoms with Crippen LogP contribution in [0.4, 0.5) is 17.1 Å². The molecule has 0 atom stereocenters. The molecule has 37 heavy (non-hydrogen) atoms. The van der Waals surface area contributed by atoms with Crippen LogP contribution < -0.4 is 4.90 Å². The molecular formula is C31H22N2O4. The fourth-order valence-corrected chi connectivity index (χ4v) is 3.81. The Hall–Kier alpha value is -5.41. The van der Waals surface area contributed by atoms with Crippen LogP contribution in [0, 0.1) is 11.3 Å². The zero-order valence-electron chi connectivity index (χ0n) is 19.7. The molecule has 0 spiro atoms. The number of benzene rings is 4. The minimum Gasteiger partial charge on any atom is -0.478 e. The van der Waals surface area contributed by atoms with Gasteiger partial charge in [0, 0.05) is 17.1 Å². The Labute approximate surface area is 214 Å². The highest BCUT2D eigenvalue weighted by atomic mass is 16.4. The largest absolute Gasteiger partial charge is 0.478 e. The van der Waals surface area contributed by atoms with Crippen LogP contribution in [0.15, 0.2) is 109 Å². The van der Waals surface area contributed by atoms with Gasteiger partial charge in [-0.05, 0) is 65.2 Å². The topological polar surface area (TPSA) is 102 Å². The second kappa shape index (κ2) is 11.3. The van der Waals surface area contributed by atoms with Crippen molar-refractivity contribution >= 4 is 47.2 Å². The summed E-state index contributed by atoms with van der Waals surface area (Å²) in [7, 11) is 0. The number of aromatic carboxylic acids is 1. The lowest BCUT2D eigenvalue weighted by atomic mass is 10.0. The molecule has 0 aromatic heterocycles. The smallest absolute Gasteiger partial charge is 0.346 e. The van der Waals surface area contributed by atoms with Crippen molar-refractivity contribution in [1.82, 2.24) is 0 Å². The first-order chi connectivity index (χ1) is 18.0. The molecule has 0 heterocycles. The van der Waals surface area contributed by atoms with E-state index < -0.39 is 17.5 Å². The van der Waals surface area contributed by atoms with Crippen LogP contribution >= 0.6 is 0 Å². The standard InChI is InChI=1S/C31H22N2O4/c32-21-25(30(34)35)20-24-16-13-23(19-29(24)31(36)37)12-11-22-14-17-28(18-15-22)33(26-7-3-1-4-8-26)27-9-5-2-6-10-27/h1-20H,(H,34,35)(H,36,37)/b12-11+,25-20-. The summed E-state index contributed by atoms with van der Waals surface area (Å²) in [6.07, 6.45) is 4.71. The molecule has 0 saturated heterocycles. The second-order valence-corrected chi connectivity index (χ2v) is 8.06. The minimum atomic E-state index is -1.41. The van der Waals surface area contributed by atoms with Crippen molar-refractivity contribution in [3.8, 4) is 6.07 Å². The van der Waals surface area contributed by atoms with E-state index in [0.29, 0.717) is 5.56 Å². The molecule has 0 aliphatic rings. The van der Waals surface area contributed by atoms with Crippen LogP contribution in [0.3, 0.4) is 0 Å². The molecule has 0 amide bonds. The molecule has 0 aliphatic heterocycles. The van der Waals surface area contributed by atoms with Gasteiger partial charge in [0.25, 0.3) is 0 Å². The SMILES string of the molecule is N#C/C(=C/c1ccc(/C=C/c2ccc(N(c3ccccc3)c3ccccc3)cc2)cc1C(=O)O)C(=O)O. The van der Waals surface area contributed by atoms with Crippen LogP contribution in [0.25, 0.3) is 18.2 Å². The van der Waals surface area contributed by atoms with Gasteiger partial charge in [-0.3, -0.25) is 0 Å². The Morgan fingerprint density at radius 3 is 1.73 bits per heavy atom. The van der Waals surface area contributed by atoms with Crippen LogP contribution in [-0.2, 0) is 4.79 Å². The maximum Gasteiger partial charge on any atom is 0.346 e. The number of carboxylic acid groups (broad SMARTS) is 2. The van der Waals surface area contributed by atoms with E-state index in [4.69, 9.17) is 10.4 Å². The molecule has 6 heteroatoms. The summed E-state index contributed by atoms with van der Waals surface area (Å²) in [5, 5.41) is 27.6. The number of carbonyl (C=O) groups is 2. The summed E-state index contributed by atoms with van der Waals surface area (Å²) >= 11 is 0. The molecule has 4 aromatic carbocycles. The number of hydrogen-bond acceptors (Lipinski definition) is 4. The number of para-hydroxylation sites is 2. The highest BCUT2D eigenvalue weighted by Gasteiger charge is 2.13. The number of carboxylic acids is 2. The van der Waals surface area contributed by atoms with Crippen molar-refractivity contribution in [2.24, 2.45) is 0 Å². The maximum atomic E-state index is 11.7. The molecule has 0 bridgehead atoms. The molecule has 180 valence electrons. The van der Waals surface area contributed by atoms with Gasteiger partial charge < -0.3 is 15.1 Å². The van der Waals surface area contributed by atoms with E-state index in [0.717, 1.165) is 28.7 Å². The molecule has 0 aliphatic carbocycles. The fourth-order valence-electron chi connectivity index (χ4n) is 3.81. The summed E-state index contributed by atoms with van der Waals surface area (Å²) in [6, 6.07) is 34.3. The quantitative estimate of drug-likeness (QED) is 0.158. The summed E-state index contributed by atoms with van der Waals surface area (Å²) in [4.78, 5) is 25.0. The summed E-state index contributed by atoms with van der Waals surface area (Å²) < 4.78 is 0. The van der Waals surface area contributed by atoms with Gasteiger partial charge in [-0.2, -0.15) is 5.26 Å². The minimum absolute atomic E-state index is 0.0899. The third-order valence-electron chi connectivity index (χ3n) is 5.61. The second-order valence-electron chi connectivity index (χ2n) is 8.06. The van der Waals surface area contributed by atoms with Gasteiger partial charge in [-0.15, -0.1) is 0 Å². The summed E-state index contributed by atoms with van der Waals surface area (Å²) in [6.45, 7) is 0. The van der Waals surface area contributed by atoms with Crippen LogP contribution in [0.2, 0.25) is 0 Å². The number of rotatable bonds is 8. The molecule has 0 radical (unpaired) electrons. The number of aliphatic carboxylic acids is 1. The first-order valence-corrected chi connectivity index (χ1v) is 11.4. The van der Waals surface area contributed by atoms with E-state index in [9.17, 15) is 14.7 Å². The third kappa shape index (κ3) is 5.99. The Balaban J connectivity index is 1.61. The van der Waals surface area contributed by atoms with Crippen molar-refractivity contribution in [2.45, 2.75) is 0 Å². The monoisotopic (exact) mass is 486 g/mol. The van der Waals surface area contributed by atoms with E-state index in [1.54, 1.807) is 18.2 Å². The van der Waals surface area contributed by atoms with Crippen molar-refractivity contribution in [2.75, 3.05) is 4.90 Å². The highest BCUT2D eigenvalue weighted by molar-refractivity contribution is 6.00. The molecule has 4 rings (SSSR count). The molecular weight excluding hydrogens is 464 g/mol. The lowest BCUT2D eigenvalue weighted by molar-refractivity contribution is -0.132. The molecule has 0 fully saturated rings. The fraction of sp³-hybridized carbons (Fsp3) is 0. The maximum absolute atomic E-state index is 11.7. The average molecular weight is 487 g/mol. The predicted molar refractivity (Wildman–Crippen MR) is 145 cm³/mol. The van der Waals surface area contributed by atoms with Gasteiger partial charge >= 0.3 is 11.9 Å². The van der Waals surface area contributed by atoms with Crippen molar-refractivity contribution < 1.29 is 19.8 Å². The van der Waals surface area contributed by atoms with Gasteiger partial charge in [0.1, 0.15) is 11.6 Å². The summed E-state index contributed by atoms with van der Waals surface area (Å²) in [5.74, 6) is -2.63. The van der Waals surface area contributed by atoms with Crippen LogP contribution in [0.5, 0.6) is 0 Å². The number of anilines is 3. The summed E-state index contributed by atoms with van der Waals surface area (Å²) in [5.41, 5.74) is 4.13. The van der Waals surface area contributed by atoms with E-state index >= 15 is 0 Å². The Kier molecular flexibility index (Phi) is 7.57. The van der Waals surface area contributed by atoms with Crippen molar-refractivity contribution in [3.63, 3.8) is 0 Å². The molecule has 6 nitrogen and oxygen atoms in total. The Bertz CT molecular complexity index is 1480. The average Bonchev–Trinajstić information content (AvgIpc) is 2.92. The van der Waals surface area contributed by atoms with Gasteiger partial charge in [-0.1, -0.05) is 72.8 Å².